The van der Waals surface area contributed by atoms with Crippen molar-refractivity contribution in [3.05, 3.63) is 53.6 Å². The zero-order valence-corrected chi connectivity index (χ0v) is 17.2. The topological polar surface area (TPSA) is 85.9 Å². The van der Waals surface area contributed by atoms with Gasteiger partial charge in [0.2, 0.25) is 0 Å². The number of aliphatic hydroxyl groups excluding tert-OH is 1. The van der Waals surface area contributed by atoms with Gasteiger partial charge in [-0.2, -0.15) is 0 Å². The minimum absolute atomic E-state index is 0.170. The highest BCUT2D eigenvalue weighted by Gasteiger charge is 2.26. The molecule has 1 saturated heterocycles. The Labute approximate surface area is 176 Å². The van der Waals surface area contributed by atoms with Crippen LogP contribution in [0.2, 0.25) is 0 Å². The zero-order chi connectivity index (χ0) is 21.1. The Balaban J connectivity index is 1.75. The first-order chi connectivity index (χ1) is 14.6. The maximum absolute atomic E-state index is 12.8. The average molecular weight is 408 g/mol. The fourth-order valence-electron chi connectivity index (χ4n) is 4.41. The molecule has 0 spiro atoms. The van der Waals surface area contributed by atoms with Gasteiger partial charge < -0.3 is 24.8 Å². The van der Waals surface area contributed by atoms with Crippen molar-refractivity contribution in [1.29, 1.82) is 0 Å². The van der Waals surface area contributed by atoms with Crippen molar-refractivity contribution in [2.24, 2.45) is 5.92 Å². The first-order valence-corrected chi connectivity index (χ1v) is 10.5. The van der Waals surface area contributed by atoms with Gasteiger partial charge in [0.15, 0.2) is 0 Å². The third kappa shape index (κ3) is 3.93. The Morgan fingerprint density at radius 1 is 1.23 bits per heavy atom. The highest BCUT2D eigenvalue weighted by atomic mass is 16.3. The van der Waals surface area contributed by atoms with Crippen molar-refractivity contribution in [1.82, 2.24) is 10.2 Å². The highest BCUT2D eigenvalue weighted by molar-refractivity contribution is 6.12. The molecule has 1 unspecified atom stereocenters. The number of amides is 1. The molecule has 158 valence electrons. The van der Waals surface area contributed by atoms with E-state index in [0.717, 1.165) is 43.6 Å². The van der Waals surface area contributed by atoms with Crippen LogP contribution >= 0.6 is 0 Å². The number of hydrogen-bond donors (Lipinski definition) is 3. The molecule has 0 aliphatic carbocycles. The minimum atomic E-state index is -0.238. The molecule has 1 aliphatic heterocycles. The van der Waals surface area contributed by atoms with Crippen molar-refractivity contribution < 1.29 is 19.4 Å². The van der Waals surface area contributed by atoms with E-state index in [1.54, 1.807) is 19.2 Å². The van der Waals surface area contributed by atoms with E-state index in [2.05, 4.69) is 10.2 Å². The summed E-state index contributed by atoms with van der Waals surface area (Å²) in [4.78, 5) is 15.2. The number of likely N-dealkylation sites (tertiary alicyclic amines) is 1. The van der Waals surface area contributed by atoms with E-state index in [1.807, 2.05) is 30.3 Å². The lowest BCUT2D eigenvalue weighted by atomic mass is 9.96. The molecule has 2 heterocycles. The van der Waals surface area contributed by atoms with Gasteiger partial charge >= 0.3 is 0 Å². The van der Waals surface area contributed by atoms with Crippen LogP contribution in [0.1, 0.15) is 28.8 Å². The molecule has 3 N–H and O–H groups in total. The summed E-state index contributed by atoms with van der Waals surface area (Å²) >= 11 is 0. The van der Waals surface area contributed by atoms with Gasteiger partial charge in [-0.25, -0.2) is 0 Å². The van der Waals surface area contributed by atoms with Crippen molar-refractivity contribution in [3.8, 4) is 17.1 Å². The first-order valence-electron chi connectivity index (χ1n) is 10.5. The zero-order valence-electron chi connectivity index (χ0n) is 17.2. The van der Waals surface area contributed by atoms with Gasteiger partial charge in [0.25, 0.3) is 5.91 Å². The normalized spacial score (nSPS) is 17.3. The van der Waals surface area contributed by atoms with Crippen molar-refractivity contribution in [3.63, 3.8) is 0 Å². The van der Waals surface area contributed by atoms with E-state index in [-0.39, 0.29) is 18.3 Å². The van der Waals surface area contributed by atoms with Crippen LogP contribution in [-0.2, 0) is 6.42 Å². The highest BCUT2D eigenvalue weighted by Crippen LogP contribution is 2.39. The second-order valence-corrected chi connectivity index (χ2v) is 7.93. The molecule has 1 aliphatic rings. The summed E-state index contributed by atoms with van der Waals surface area (Å²) in [6.07, 6.45) is 2.71. The smallest absolute Gasteiger partial charge is 0.255 e. The van der Waals surface area contributed by atoms with Crippen LogP contribution in [-0.4, -0.2) is 54.3 Å². The number of aromatic hydroxyl groups is 1. The number of nitrogens with one attached hydrogen (secondary N) is 1. The maximum atomic E-state index is 12.8. The van der Waals surface area contributed by atoms with E-state index in [9.17, 15) is 15.0 Å². The van der Waals surface area contributed by atoms with Gasteiger partial charge in [0, 0.05) is 43.3 Å². The number of furan rings is 1. The summed E-state index contributed by atoms with van der Waals surface area (Å²) in [5.41, 5.74) is 2.59. The Morgan fingerprint density at radius 3 is 2.77 bits per heavy atom. The molecule has 6 heteroatoms. The van der Waals surface area contributed by atoms with Crippen LogP contribution < -0.4 is 5.32 Å². The number of benzene rings is 2. The lowest BCUT2D eigenvalue weighted by Gasteiger charge is -2.31. The van der Waals surface area contributed by atoms with E-state index < -0.39 is 0 Å². The number of phenols is 1. The quantitative estimate of drug-likeness (QED) is 0.582. The fraction of sp³-hybridized carbons (Fsp3) is 0.375. The van der Waals surface area contributed by atoms with Gasteiger partial charge in [-0.15, -0.1) is 0 Å². The first kappa shape index (κ1) is 20.4. The molecule has 6 nitrogen and oxygen atoms in total. The predicted octanol–water partition coefficient (Wildman–Crippen LogP) is 3.41. The van der Waals surface area contributed by atoms with E-state index in [4.69, 9.17) is 4.42 Å². The molecule has 3 aromatic rings. The van der Waals surface area contributed by atoms with E-state index >= 15 is 0 Å². The number of rotatable bonds is 6. The Hall–Kier alpha value is -2.83. The number of hydrogen-bond acceptors (Lipinski definition) is 5. The summed E-state index contributed by atoms with van der Waals surface area (Å²) in [6.45, 7) is 2.80. The number of carbonyl (C=O) groups is 1. The van der Waals surface area contributed by atoms with Gasteiger partial charge in [0.1, 0.15) is 17.1 Å². The van der Waals surface area contributed by atoms with Crippen LogP contribution in [0.3, 0.4) is 0 Å². The largest absolute Gasteiger partial charge is 0.508 e. The van der Waals surface area contributed by atoms with Gasteiger partial charge in [-0.3, -0.25) is 4.79 Å². The predicted molar refractivity (Wildman–Crippen MR) is 117 cm³/mol. The molecule has 0 saturated carbocycles. The Morgan fingerprint density at radius 2 is 2.03 bits per heavy atom. The number of piperidine rings is 1. The van der Waals surface area contributed by atoms with Crippen molar-refractivity contribution in [2.45, 2.75) is 19.3 Å². The number of carbonyl (C=O) groups excluding carboxylic acids is 1. The lowest BCUT2D eigenvalue weighted by molar-refractivity contribution is 0.0964. The summed E-state index contributed by atoms with van der Waals surface area (Å²) in [6, 6.07) is 12.9. The van der Waals surface area contributed by atoms with Crippen LogP contribution in [0.5, 0.6) is 5.75 Å². The average Bonchev–Trinajstić information content (AvgIpc) is 3.18. The van der Waals surface area contributed by atoms with Gasteiger partial charge in [-0.1, -0.05) is 30.3 Å². The second-order valence-electron chi connectivity index (χ2n) is 7.93. The molecular weight excluding hydrogens is 380 g/mol. The number of nitrogens with zero attached hydrogens (tertiary/aromatic N) is 1. The summed E-state index contributed by atoms with van der Waals surface area (Å²) in [5.74, 6) is 0.750. The lowest BCUT2D eigenvalue weighted by Crippen LogP contribution is -2.38. The number of phenolic OH excluding ortho intramolecular Hbond substituents is 1. The third-order valence-electron chi connectivity index (χ3n) is 5.97. The Bertz CT molecular complexity index is 1030. The van der Waals surface area contributed by atoms with Gasteiger partial charge in [0.05, 0.1) is 5.56 Å². The third-order valence-corrected chi connectivity index (χ3v) is 5.97. The second kappa shape index (κ2) is 8.90. The Kier molecular flexibility index (Phi) is 6.06. The summed E-state index contributed by atoms with van der Waals surface area (Å²) in [7, 11) is 1.60. The molecule has 30 heavy (non-hydrogen) atoms. The van der Waals surface area contributed by atoms with Gasteiger partial charge in [-0.05, 0) is 43.9 Å². The monoisotopic (exact) mass is 408 g/mol. The maximum Gasteiger partial charge on any atom is 0.255 e. The molecule has 1 amide bonds. The minimum Gasteiger partial charge on any atom is -0.508 e. The summed E-state index contributed by atoms with van der Waals surface area (Å²) < 4.78 is 6.11. The standard InChI is InChI=1S/C24H28N2O4/c1-25-24(29)22-21-18(11-13-26-12-5-6-16(14-26)15-27)19(28)9-10-20(21)30-23(22)17-7-3-2-4-8-17/h2-4,7-10,16,27-28H,5-6,11-15H2,1H3,(H,25,29). The molecule has 0 bridgehead atoms. The molecular formula is C24H28N2O4. The van der Waals surface area contributed by atoms with Crippen LogP contribution in [0, 0.1) is 5.92 Å². The van der Waals surface area contributed by atoms with Crippen LogP contribution in [0.25, 0.3) is 22.3 Å². The van der Waals surface area contributed by atoms with Crippen molar-refractivity contribution in [2.75, 3.05) is 33.3 Å². The molecule has 1 fully saturated rings. The molecule has 1 aromatic heterocycles. The number of aliphatic hydroxyl groups is 1. The van der Waals surface area contributed by atoms with Crippen molar-refractivity contribution >= 4 is 16.9 Å². The molecule has 1 atom stereocenters. The number of fused-ring (bicyclic) bond motifs is 1. The molecule has 0 radical (unpaired) electrons. The molecule has 2 aromatic carbocycles. The molecule has 4 rings (SSSR count). The fourth-order valence-corrected chi connectivity index (χ4v) is 4.41. The van der Waals surface area contributed by atoms with Crippen LogP contribution in [0.4, 0.5) is 0 Å². The van der Waals surface area contributed by atoms with Crippen LogP contribution in [0.15, 0.2) is 46.9 Å². The summed E-state index contributed by atoms with van der Waals surface area (Å²) in [5, 5.41) is 23.5. The van der Waals surface area contributed by atoms with E-state index in [0.29, 0.717) is 34.6 Å². The van der Waals surface area contributed by atoms with E-state index in [1.165, 1.54) is 0 Å². The SMILES string of the molecule is CNC(=O)c1c(-c2ccccc2)oc2ccc(O)c(CCN3CCCC(CO)C3)c12.